The van der Waals surface area contributed by atoms with Gasteiger partial charge in [0.1, 0.15) is 0 Å². The number of hydrogen-bond acceptors (Lipinski definition) is 5. The lowest BCUT2D eigenvalue weighted by molar-refractivity contribution is 0.520. The number of nitriles is 1. The fraction of sp³-hybridized carbons (Fsp3) is 0.500. The summed E-state index contributed by atoms with van der Waals surface area (Å²) in [5, 5.41) is 8.94. The zero-order valence-electron chi connectivity index (χ0n) is 12.9. The van der Waals surface area contributed by atoms with Gasteiger partial charge in [-0.3, -0.25) is 0 Å². The first kappa shape index (κ1) is 17.3. The number of benzene rings is 1. The standard InChI is InChI=1S/C14H22N4O2S/c1-5-18(10-11(2)9-15)14-8-12(6-7-13(14)16)21(19,20)17(3)4/h6-8,11H,5,10,16H2,1-4H3. The minimum Gasteiger partial charge on any atom is -0.397 e. The van der Waals surface area contributed by atoms with Gasteiger partial charge in [-0.05, 0) is 32.0 Å². The summed E-state index contributed by atoms with van der Waals surface area (Å²) in [6, 6.07) is 6.83. The third-order valence-electron chi connectivity index (χ3n) is 3.22. The molecule has 6 nitrogen and oxygen atoms in total. The van der Waals surface area contributed by atoms with Crippen LogP contribution in [-0.4, -0.2) is 39.9 Å². The van der Waals surface area contributed by atoms with Gasteiger partial charge in [0.2, 0.25) is 10.0 Å². The van der Waals surface area contributed by atoms with Crippen LogP contribution in [0.4, 0.5) is 11.4 Å². The van der Waals surface area contributed by atoms with Crippen LogP contribution >= 0.6 is 0 Å². The number of hydrogen-bond donors (Lipinski definition) is 1. The van der Waals surface area contributed by atoms with Crippen LogP contribution < -0.4 is 10.6 Å². The third-order valence-corrected chi connectivity index (χ3v) is 5.03. The Morgan fingerprint density at radius 2 is 2.00 bits per heavy atom. The molecule has 1 aromatic carbocycles. The number of rotatable bonds is 6. The lowest BCUT2D eigenvalue weighted by atomic mass is 10.1. The van der Waals surface area contributed by atoms with Crippen LogP contribution in [0.1, 0.15) is 13.8 Å². The van der Waals surface area contributed by atoms with Gasteiger partial charge in [0, 0.05) is 27.2 Å². The molecule has 0 aliphatic rings. The molecule has 0 amide bonds. The highest BCUT2D eigenvalue weighted by Crippen LogP contribution is 2.28. The van der Waals surface area contributed by atoms with Crippen LogP contribution in [0.5, 0.6) is 0 Å². The van der Waals surface area contributed by atoms with E-state index in [-0.39, 0.29) is 10.8 Å². The molecule has 1 atom stereocenters. The average Bonchev–Trinajstić information content (AvgIpc) is 2.44. The van der Waals surface area contributed by atoms with Crippen molar-refractivity contribution < 1.29 is 8.42 Å². The molecular formula is C14H22N4O2S. The molecule has 2 N–H and O–H groups in total. The van der Waals surface area contributed by atoms with Crippen molar-refractivity contribution in [2.45, 2.75) is 18.7 Å². The van der Waals surface area contributed by atoms with E-state index in [4.69, 9.17) is 11.0 Å². The van der Waals surface area contributed by atoms with E-state index in [0.29, 0.717) is 24.5 Å². The summed E-state index contributed by atoms with van der Waals surface area (Å²) in [7, 11) is -0.532. The van der Waals surface area contributed by atoms with Crippen molar-refractivity contribution in [1.82, 2.24) is 4.31 Å². The molecule has 7 heteroatoms. The van der Waals surface area contributed by atoms with Gasteiger partial charge in [-0.15, -0.1) is 0 Å². The van der Waals surface area contributed by atoms with E-state index in [1.54, 1.807) is 12.1 Å². The van der Waals surface area contributed by atoms with Gasteiger partial charge in [-0.25, -0.2) is 12.7 Å². The van der Waals surface area contributed by atoms with Crippen LogP contribution in [0.25, 0.3) is 0 Å². The zero-order valence-corrected chi connectivity index (χ0v) is 13.7. The lowest BCUT2D eigenvalue weighted by Crippen LogP contribution is -2.29. The number of nitrogens with zero attached hydrogens (tertiary/aromatic N) is 3. The molecule has 0 bridgehead atoms. The van der Waals surface area contributed by atoms with Crippen molar-refractivity contribution in [3.8, 4) is 6.07 Å². The maximum absolute atomic E-state index is 12.2. The van der Waals surface area contributed by atoms with E-state index in [0.717, 1.165) is 4.31 Å². The first-order chi connectivity index (χ1) is 9.73. The van der Waals surface area contributed by atoms with Gasteiger partial charge in [-0.1, -0.05) is 0 Å². The number of anilines is 2. The molecule has 1 aromatic rings. The predicted molar refractivity (Wildman–Crippen MR) is 84.4 cm³/mol. The Hall–Kier alpha value is -1.78. The van der Waals surface area contributed by atoms with Crippen molar-refractivity contribution in [1.29, 1.82) is 5.26 Å². The Bertz CT molecular complexity index is 635. The minimum absolute atomic E-state index is 0.168. The normalized spacial score (nSPS) is 13.0. The summed E-state index contributed by atoms with van der Waals surface area (Å²) >= 11 is 0. The van der Waals surface area contributed by atoms with E-state index in [2.05, 4.69) is 6.07 Å². The maximum Gasteiger partial charge on any atom is 0.242 e. The minimum atomic E-state index is -3.51. The highest BCUT2D eigenvalue weighted by Gasteiger charge is 2.20. The van der Waals surface area contributed by atoms with Crippen molar-refractivity contribution in [3.63, 3.8) is 0 Å². The molecule has 0 radical (unpaired) electrons. The molecule has 1 rings (SSSR count). The van der Waals surface area contributed by atoms with Gasteiger partial charge in [0.15, 0.2) is 0 Å². The lowest BCUT2D eigenvalue weighted by Gasteiger charge is -2.26. The molecule has 0 heterocycles. The summed E-state index contributed by atoms with van der Waals surface area (Å²) in [5.41, 5.74) is 7.11. The molecule has 0 aliphatic heterocycles. The van der Waals surface area contributed by atoms with Crippen molar-refractivity contribution in [3.05, 3.63) is 18.2 Å². The highest BCUT2D eigenvalue weighted by atomic mass is 32.2. The van der Waals surface area contributed by atoms with E-state index in [9.17, 15) is 8.42 Å². The zero-order chi connectivity index (χ0) is 16.2. The van der Waals surface area contributed by atoms with Gasteiger partial charge in [0.05, 0.1) is 28.3 Å². The van der Waals surface area contributed by atoms with E-state index < -0.39 is 10.0 Å². The van der Waals surface area contributed by atoms with Crippen LogP contribution in [0.3, 0.4) is 0 Å². The first-order valence-corrected chi connectivity index (χ1v) is 8.14. The summed E-state index contributed by atoms with van der Waals surface area (Å²) in [6.07, 6.45) is 0. The maximum atomic E-state index is 12.2. The summed E-state index contributed by atoms with van der Waals surface area (Å²) in [6.45, 7) is 4.90. The predicted octanol–water partition coefficient (Wildman–Crippen LogP) is 1.51. The van der Waals surface area contributed by atoms with E-state index >= 15 is 0 Å². The summed E-state index contributed by atoms with van der Waals surface area (Å²) in [5.74, 6) is -0.168. The largest absolute Gasteiger partial charge is 0.397 e. The Kier molecular flexibility index (Phi) is 5.58. The molecule has 0 saturated carbocycles. The van der Waals surface area contributed by atoms with E-state index in [1.807, 2.05) is 18.7 Å². The Morgan fingerprint density at radius 1 is 1.38 bits per heavy atom. The fourth-order valence-electron chi connectivity index (χ4n) is 1.94. The van der Waals surface area contributed by atoms with Crippen LogP contribution in [0.2, 0.25) is 0 Å². The molecule has 0 fully saturated rings. The van der Waals surface area contributed by atoms with Gasteiger partial charge in [-0.2, -0.15) is 5.26 Å². The number of sulfonamides is 1. The van der Waals surface area contributed by atoms with Gasteiger partial charge in [0.25, 0.3) is 0 Å². The topological polar surface area (TPSA) is 90.4 Å². The Balaban J connectivity index is 3.27. The molecule has 0 aliphatic carbocycles. The van der Waals surface area contributed by atoms with Crippen LogP contribution in [-0.2, 0) is 10.0 Å². The molecular weight excluding hydrogens is 288 g/mol. The monoisotopic (exact) mass is 310 g/mol. The van der Waals surface area contributed by atoms with Crippen molar-refractivity contribution >= 4 is 21.4 Å². The summed E-state index contributed by atoms with van der Waals surface area (Å²) < 4.78 is 25.6. The second kappa shape index (κ2) is 6.78. The Morgan fingerprint density at radius 3 is 2.48 bits per heavy atom. The molecule has 0 saturated heterocycles. The van der Waals surface area contributed by atoms with Crippen molar-refractivity contribution in [2.75, 3.05) is 37.8 Å². The van der Waals surface area contributed by atoms with Gasteiger partial charge >= 0.3 is 0 Å². The number of nitrogen functional groups attached to an aromatic ring is 1. The summed E-state index contributed by atoms with van der Waals surface area (Å²) in [4.78, 5) is 2.11. The molecule has 116 valence electrons. The molecule has 1 unspecified atom stereocenters. The average molecular weight is 310 g/mol. The second-order valence-corrected chi connectivity index (χ2v) is 7.23. The first-order valence-electron chi connectivity index (χ1n) is 6.70. The van der Waals surface area contributed by atoms with Crippen molar-refractivity contribution in [2.24, 2.45) is 5.92 Å². The third kappa shape index (κ3) is 3.86. The fourth-order valence-corrected chi connectivity index (χ4v) is 2.86. The molecule has 0 spiro atoms. The van der Waals surface area contributed by atoms with E-state index in [1.165, 1.54) is 20.2 Å². The van der Waals surface area contributed by atoms with Crippen LogP contribution in [0, 0.1) is 17.2 Å². The SMILES string of the molecule is CCN(CC(C)C#N)c1cc(S(=O)(=O)N(C)C)ccc1N. The Labute approximate surface area is 126 Å². The molecule has 21 heavy (non-hydrogen) atoms. The second-order valence-electron chi connectivity index (χ2n) is 5.08. The molecule has 0 aromatic heterocycles. The van der Waals surface area contributed by atoms with Crippen LogP contribution in [0.15, 0.2) is 23.1 Å². The highest BCUT2D eigenvalue weighted by molar-refractivity contribution is 7.89. The number of nitrogens with two attached hydrogens (primary N) is 1. The quantitative estimate of drug-likeness (QED) is 0.804. The smallest absolute Gasteiger partial charge is 0.242 e. The van der Waals surface area contributed by atoms with Gasteiger partial charge < -0.3 is 10.6 Å².